The van der Waals surface area contributed by atoms with E-state index in [9.17, 15) is 14.9 Å². The number of amides is 1. The number of hydrogen-bond acceptors (Lipinski definition) is 6. The van der Waals surface area contributed by atoms with E-state index in [0.717, 1.165) is 0 Å². The van der Waals surface area contributed by atoms with Crippen LogP contribution in [-0.2, 0) is 6.42 Å². The zero-order valence-corrected chi connectivity index (χ0v) is 14.5. The SMILES string of the molecule is CCCc1[nH]nc(C(=O)Nc2ccc(OCCN)cc2)c1[N+](=O)[O-].Cl. The lowest BCUT2D eigenvalue weighted by atomic mass is 10.2. The standard InChI is InChI=1S/C15H19N5O4.ClH/c1-2-3-12-14(20(22)23)13(19-18-12)15(21)17-10-4-6-11(7-5-10)24-9-8-16;/h4-7H,2-3,8-9,16H2,1H3,(H,17,21)(H,18,19);1H. The van der Waals surface area contributed by atoms with Gasteiger partial charge in [-0.1, -0.05) is 13.3 Å². The van der Waals surface area contributed by atoms with Crippen LogP contribution in [-0.4, -0.2) is 34.2 Å². The largest absolute Gasteiger partial charge is 0.492 e. The molecule has 10 heteroatoms. The number of halogens is 1. The minimum atomic E-state index is -0.643. The molecule has 4 N–H and O–H groups in total. The Labute approximate surface area is 150 Å². The molecule has 1 aromatic carbocycles. The molecule has 1 heterocycles. The van der Waals surface area contributed by atoms with E-state index in [-0.39, 0.29) is 23.8 Å². The van der Waals surface area contributed by atoms with Gasteiger partial charge in [-0.15, -0.1) is 12.4 Å². The Kier molecular flexibility index (Phi) is 7.83. The van der Waals surface area contributed by atoms with Gasteiger partial charge in [0.05, 0.1) is 4.92 Å². The highest BCUT2D eigenvalue weighted by Crippen LogP contribution is 2.24. The number of anilines is 1. The highest BCUT2D eigenvalue weighted by Gasteiger charge is 2.28. The molecule has 2 rings (SSSR count). The number of ether oxygens (including phenoxy) is 1. The fourth-order valence-corrected chi connectivity index (χ4v) is 2.15. The van der Waals surface area contributed by atoms with Gasteiger partial charge in [-0.2, -0.15) is 5.10 Å². The van der Waals surface area contributed by atoms with Crippen LogP contribution >= 0.6 is 12.4 Å². The summed E-state index contributed by atoms with van der Waals surface area (Å²) in [6.07, 6.45) is 1.15. The molecule has 0 aliphatic carbocycles. The number of rotatable bonds is 8. The number of carbonyl (C=O) groups is 1. The zero-order chi connectivity index (χ0) is 17.5. The van der Waals surface area contributed by atoms with E-state index in [0.29, 0.717) is 43.1 Å². The van der Waals surface area contributed by atoms with E-state index in [2.05, 4.69) is 15.5 Å². The van der Waals surface area contributed by atoms with Crippen molar-refractivity contribution in [3.8, 4) is 5.75 Å². The summed E-state index contributed by atoms with van der Waals surface area (Å²) in [6, 6.07) is 6.61. The molecule has 0 saturated carbocycles. The Bertz CT molecular complexity index is 717. The minimum absolute atomic E-state index is 0. The fraction of sp³-hybridized carbons (Fsp3) is 0.333. The van der Waals surface area contributed by atoms with E-state index in [1.807, 2.05) is 6.92 Å². The van der Waals surface area contributed by atoms with Crippen LogP contribution in [0.15, 0.2) is 24.3 Å². The number of aromatic nitrogens is 2. The van der Waals surface area contributed by atoms with Crippen molar-refractivity contribution in [2.24, 2.45) is 5.73 Å². The summed E-state index contributed by atoms with van der Waals surface area (Å²) in [6.45, 7) is 2.69. The van der Waals surface area contributed by atoms with Gasteiger partial charge in [0.15, 0.2) is 0 Å². The molecule has 1 amide bonds. The van der Waals surface area contributed by atoms with Crippen molar-refractivity contribution in [1.29, 1.82) is 0 Å². The predicted octanol–water partition coefficient (Wildman–Crippen LogP) is 2.28. The number of benzene rings is 1. The molecule has 0 spiro atoms. The maximum absolute atomic E-state index is 12.3. The predicted molar refractivity (Wildman–Crippen MR) is 95.4 cm³/mol. The van der Waals surface area contributed by atoms with Crippen LogP contribution in [0.5, 0.6) is 5.75 Å². The molecule has 0 atom stereocenters. The Morgan fingerprint density at radius 3 is 2.64 bits per heavy atom. The maximum Gasteiger partial charge on any atom is 0.322 e. The van der Waals surface area contributed by atoms with E-state index >= 15 is 0 Å². The number of aryl methyl sites for hydroxylation is 1. The molecule has 0 bridgehead atoms. The van der Waals surface area contributed by atoms with Crippen molar-refractivity contribution in [2.75, 3.05) is 18.5 Å². The van der Waals surface area contributed by atoms with Gasteiger partial charge in [-0.3, -0.25) is 20.0 Å². The van der Waals surface area contributed by atoms with E-state index in [4.69, 9.17) is 10.5 Å². The Balaban J connectivity index is 0.00000312. The summed E-state index contributed by atoms with van der Waals surface area (Å²) in [7, 11) is 0. The highest BCUT2D eigenvalue weighted by molar-refractivity contribution is 6.05. The molecule has 0 aliphatic heterocycles. The van der Waals surface area contributed by atoms with Gasteiger partial charge in [0.2, 0.25) is 5.69 Å². The number of nitro groups is 1. The zero-order valence-electron chi connectivity index (χ0n) is 13.7. The maximum atomic E-state index is 12.3. The van der Waals surface area contributed by atoms with Crippen LogP contribution in [0.4, 0.5) is 11.4 Å². The Hall–Kier alpha value is -2.65. The molecular formula is C15H20ClN5O4. The first-order chi connectivity index (χ1) is 11.6. The molecule has 0 aliphatic rings. The van der Waals surface area contributed by atoms with Gasteiger partial charge < -0.3 is 15.8 Å². The van der Waals surface area contributed by atoms with Gasteiger partial charge in [0.25, 0.3) is 5.91 Å². The van der Waals surface area contributed by atoms with Crippen molar-refractivity contribution in [1.82, 2.24) is 10.2 Å². The first-order valence-electron chi connectivity index (χ1n) is 7.52. The number of carbonyl (C=O) groups excluding carboxylic acids is 1. The second-order valence-corrected chi connectivity index (χ2v) is 5.02. The van der Waals surface area contributed by atoms with Gasteiger partial charge in [0.1, 0.15) is 18.1 Å². The molecule has 0 radical (unpaired) electrons. The molecule has 136 valence electrons. The molecular weight excluding hydrogens is 350 g/mol. The van der Waals surface area contributed by atoms with Crippen molar-refractivity contribution in [3.63, 3.8) is 0 Å². The molecule has 25 heavy (non-hydrogen) atoms. The van der Waals surface area contributed by atoms with Crippen LogP contribution in [0.1, 0.15) is 29.5 Å². The fourth-order valence-electron chi connectivity index (χ4n) is 2.15. The van der Waals surface area contributed by atoms with Gasteiger partial charge >= 0.3 is 5.69 Å². The number of nitrogens with zero attached hydrogens (tertiary/aromatic N) is 2. The van der Waals surface area contributed by atoms with Crippen molar-refractivity contribution in [2.45, 2.75) is 19.8 Å². The Morgan fingerprint density at radius 1 is 1.40 bits per heavy atom. The lowest BCUT2D eigenvalue weighted by Gasteiger charge is -2.06. The highest BCUT2D eigenvalue weighted by atomic mass is 35.5. The van der Waals surface area contributed by atoms with Crippen LogP contribution in [0.2, 0.25) is 0 Å². The lowest BCUT2D eigenvalue weighted by Crippen LogP contribution is -2.14. The summed E-state index contributed by atoms with van der Waals surface area (Å²) < 4.78 is 5.34. The van der Waals surface area contributed by atoms with E-state index in [1.165, 1.54) is 0 Å². The monoisotopic (exact) mass is 369 g/mol. The van der Waals surface area contributed by atoms with Gasteiger partial charge in [0, 0.05) is 12.2 Å². The number of aromatic amines is 1. The number of hydrogen-bond donors (Lipinski definition) is 3. The minimum Gasteiger partial charge on any atom is -0.492 e. The normalized spacial score (nSPS) is 10.0. The Morgan fingerprint density at radius 2 is 2.08 bits per heavy atom. The summed E-state index contributed by atoms with van der Waals surface area (Å²) >= 11 is 0. The summed E-state index contributed by atoms with van der Waals surface area (Å²) in [5, 5.41) is 20.2. The average Bonchev–Trinajstić information content (AvgIpc) is 2.98. The summed E-state index contributed by atoms with van der Waals surface area (Å²) in [4.78, 5) is 22.9. The van der Waals surface area contributed by atoms with Gasteiger partial charge in [-0.05, 0) is 30.7 Å². The second-order valence-electron chi connectivity index (χ2n) is 5.02. The first-order valence-corrected chi connectivity index (χ1v) is 7.52. The summed E-state index contributed by atoms with van der Waals surface area (Å²) in [5.74, 6) is -0.0228. The first kappa shape index (κ1) is 20.4. The van der Waals surface area contributed by atoms with Crippen LogP contribution in [0, 0.1) is 10.1 Å². The quantitative estimate of drug-likeness (QED) is 0.482. The van der Waals surface area contributed by atoms with E-state index in [1.54, 1.807) is 24.3 Å². The third-order valence-corrected chi connectivity index (χ3v) is 3.21. The molecule has 1 aromatic heterocycles. The van der Waals surface area contributed by atoms with E-state index < -0.39 is 10.8 Å². The number of nitrogens with one attached hydrogen (secondary N) is 2. The van der Waals surface area contributed by atoms with Crippen molar-refractivity contribution >= 4 is 29.7 Å². The van der Waals surface area contributed by atoms with Crippen molar-refractivity contribution in [3.05, 3.63) is 45.8 Å². The van der Waals surface area contributed by atoms with Crippen LogP contribution in [0.3, 0.4) is 0 Å². The second kappa shape index (κ2) is 9.60. The average molecular weight is 370 g/mol. The van der Waals surface area contributed by atoms with Crippen LogP contribution < -0.4 is 15.8 Å². The van der Waals surface area contributed by atoms with Crippen LogP contribution in [0.25, 0.3) is 0 Å². The topological polar surface area (TPSA) is 136 Å². The van der Waals surface area contributed by atoms with Crippen molar-refractivity contribution < 1.29 is 14.5 Å². The molecule has 9 nitrogen and oxygen atoms in total. The molecule has 0 unspecified atom stereocenters. The third kappa shape index (κ3) is 5.16. The molecule has 2 aromatic rings. The van der Waals surface area contributed by atoms with Gasteiger partial charge in [-0.25, -0.2) is 0 Å². The smallest absolute Gasteiger partial charge is 0.322 e. The molecule has 0 fully saturated rings. The lowest BCUT2D eigenvalue weighted by molar-refractivity contribution is -0.385. The molecule has 0 saturated heterocycles. The summed E-state index contributed by atoms with van der Waals surface area (Å²) in [5.41, 5.74) is 5.67. The number of nitrogens with two attached hydrogens (primary N) is 1. The third-order valence-electron chi connectivity index (χ3n) is 3.21. The number of H-pyrrole nitrogens is 1.